The van der Waals surface area contributed by atoms with Crippen molar-refractivity contribution in [3.63, 3.8) is 0 Å². The van der Waals surface area contributed by atoms with Crippen molar-refractivity contribution in [2.45, 2.75) is 51.5 Å². The van der Waals surface area contributed by atoms with E-state index in [1.807, 2.05) is 50.2 Å². The summed E-state index contributed by atoms with van der Waals surface area (Å²) in [6.45, 7) is 4.21. The fourth-order valence-electron chi connectivity index (χ4n) is 3.74. The van der Waals surface area contributed by atoms with E-state index in [9.17, 15) is 9.59 Å². The van der Waals surface area contributed by atoms with Crippen LogP contribution >= 0.6 is 15.9 Å². The van der Waals surface area contributed by atoms with Crippen molar-refractivity contribution in [3.05, 3.63) is 64.1 Å². The third-order valence-corrected chi connectivity index (χ3v) is 6.02. The van der Waals surface area contributed by atoms with Crippen LogP contribution in [0.1, 0.15) is 50.7 Å². The maximum Gasteiger partial charge on any atom is 0.230 e. The maximum atomic E-state index is 13.1. The third-order valence-electron chi connectivity index (χ3n) is 5.49. The zero-order valence-electron chi connectivity index (χ0n) is 16.4. The van der Waals surface area contributed by atoms with Gasteiger partial charge in [0, 0.05) is 22.6 Å². The summed E-state index contributed by atoms with van der Waals surface area (Å²) in [6, 6.07) is 15.8. The Morgan fingerprint density at radius 1 is 1.00 bits per heavy atom. The Hall–Kier alpha value is -2.14. The van der Waals surface area contributed by atoms with E-state index in [1.54, 1.807) is 0 Å². The number of nitrogens with one attached hydrogen (secondary N) is 2. The predicted molar refractivity (Wildman–Crippen MR) is 116 cm³/mol. The Morgan fingerprint density at radius 2 is 1.61 bits per heavy atom. The van der Waals surface area contributed by atoms with Crippen molar-refractivity contribution >= 4 is 33.4 Å². The summed E-state index contributed by atoms with van der Waals surface area (Å²) in [6.07, 6.45) is 3.93. The molecule has 148 valence electrons. The lowest BCUT2D eigenvalue weighted by Gasteiger charge is -2.28. The Morgan fingerprint density at radius 3 is 2.18 bits per heavy atom. The van der Waals surface area contributed by atoms with Crippen LogP contribution in [0, 0.1) is 5.92 Å². The minimum Gasteiger partial charge on any atom is -0.351 e. The topological polar surface area (TPSA) is 58.2 Å². The van der Waals surface area contributed by atoms with Crippen LogP contribution in [0.25, 0.3) is 0 Å². The molecule has 2 aromatic rings. The van der Waals surface area contributed by atoms with E-state index in [1.165, 1.54) is 0 Å². The molecule has 0 spiro atoms. The molecule has 0 radical (unpaired) electrons. The van der Waals surface area contributed by atoms with Gasteiger partial charge < -0.3 is 10.6 Å². The smallest absolute Gasteiger partial charge is 0.230 e. The largest absolute Gasteiger partial charge is 0.351 e. The molecule has 28 heavy (non-hydrogen) atoms. The molecule has 0 aliphatic heterocycles. The zero-order chi connectivity index (χ0) is 20.1. The summed E-state index contributed by atoms with van der Waals surface area (Å²) in [5.74, 6) is 0.0448. The number of benzene rings is 2. The second-order valence-corrected chi connectivity index (χ2v) is 8.74. The quantitative estimate of drug-likeness (QED) is 0.647. The number of rotatable bonds is 6. The maximum absolute atomic E-state index is 13.1. The second-order valence-electron chi connectivity index (χ2n) is 7.82. The van der Waals surface area contributed by atoms with Gasteiger partial charge in [0.05, 0.1) is 5.41 Å². The van der Waals surface area contributed by atoms with Crippen LogP contribution in [0.4, 0.5) is 5.69 Å². The first-order chi connectivity index (χ1) is 13.4. The van der Waals surface area contributed by atoms with Crippen molar-refractivity contribution in [2.24, 2.45) is 5.92 Å². The van der Waals surface area contributed by atoms with E-state index in [2.05, 4.69) is 38.7 Å². The van der Waals surface area contributed by atoms with E-state index in [4.69, 9.17) is 0 Å². The van der Waals surface area contributed by atoms with Crippen LogP contribution in [-0.4, -0.2) is 11.8 Å². The molecule has 0 atom stereocenters. The Kier molecular flexibility index (Phi) is 6.55. The average Bonchev–Trinajstić information content (AvgIpc) is 3.19. The minimum absolute atomic E-state index is 0.00118. The zero-order valence-corrected chi connectivity index (χ0v) is 18.0. The predicted octanol–water partition coefficient (Wildman–Crippen LogP) is 5.17. The highest BCUT2D eigenvalue weighted by Crippen LogP contribution is 2.41. The van der Waals surface area contributed by atoms with E-state index >= 15 is 0 Å². The first-order valence-electron chi connectivity index (χ1n) is 9.85. The number of hydrogen-bond acceptors (Lipinski definition) is 2. The van der Waals surface area contributed by atoms with E-state index in [-0.39, 0.29) is 17.7 Å². The summed E-state index contributed by atoms with van der Waals surface area (Å²) in [4.78, 5) is 24.9. The molecular weight excluding hydrogens is 416 g/mol. The number of amides is 2. The highest BCUT2D eigenvalue weighted by atomic mass is 79.9. The number of hydrogen-bond donors (Lipinski definition) is 2. The molecule has 0 heterocycles. The number of anilines is 1. The lowest BCUT2D eigenvalue weighted by atomic mass is 9.78. The molecule has 1 aliphatic carbocycles. The van der Waals surface area contributed by atoms with Gasteiger partial charge in [0.15, 0.2) is 0 Å². The molecule has 0 unspecified atom stereocenters. The van der Waals surface area contributed by atoms with Gasteiger partial charge in [-0.15, -0.1) is 0 Å². The molecule has 2 amide bonds. The summed E-state index contributed by atoms with van der Waals surface area (Å²) in [5, 5.41) is 6.02. The molecule has 0 bridgehead atoms. The molecule has 0 saturated heterocycles. The number of halogens is 1. The first-order valence-corrected chi connectivity index (χ1v) is 10.6. The van der Waals surface area contributed by atoms with E-state index in [0.29, 0.717) is 6.54 Å². The summed E-state index contributed by atoms with van der Waals surface area (Å²) in [7, 11) is 0. The summed E-state index contributed by atoms with van der Waals surface area (Å²) >= 11 is 3.47. The molecule has 5 heteroatoms. The molecule has 4 nitrogen and oxygen atoms in total. The van der Waals surface area contributed by atoms with Gasteiger partial charge in [-0.25, -0.2) is 0 Å². The molecule has 1 aliphatic rings. The lowest BCUT2D eigenvalue weighted by Crippen LogP contribution is -2.42. The molecule has 0 aromatic heterocycles. The number of carbonyl (C=O) groups is 2. The standard InChI is InChI=1S/C23H27BrN2O2/c1-16(2)21(27)26-20-11-5-17(6-12-20)15-25-22(28)23(13-3-4-14-23)18-7-9-19(24)10-8-18/h5-12,16H,3-4,13-15H2,1-2H3,(H,25,28)(H,26,27). The lowest BCUT2D eigenvalue weighted by molar-refractivity contribution is -0.126. The third kappa shape index (κ3) is 4.64. The average molecular weight is 443 g/mol. The van der Waals surface area contributed by atoms with Crippen LogP contribution in [0.2, 0.25) is 0 Å². The van der Waals surface area contributed by atoms with Crippen molar-refractivity contribution < 1.29 is 9.59 Å². The van der Waals surface area contributed by atoms with Gasteiger partial charge in [-0.05, 0) is 48.2 Å². The minimum atomic E-state index is -0.425. The van der Waals surface area contributed by atoms with Crippen LogP contribution < -0.4 is 10.6 Å². The van der Waals surface area contributed by atoms with Gasteiger partial charge in [-0.2, -0.15) is 0 Å². The van der Waals surface area contributed by atoms with Crippen molar-refractivity contribution in [1.29, 1.82) is 0 Å². The molecule has 1 fully saturated rings. The van der Waals surface area contributed by atoms with E-state index in [0.717, 1.165) is 47.0 Å². The van der Waals surface area contributed by atoms with Gasteiger partial charge >= 0.3 is 0 Å². The summed E-state index contributed by atoms with van der Waals surface area (Å²) < 4.78 is 1.02. The van der Waals surface area contributed by atoms with Crippen molar-refractivity contribution in [1.82, 2.24) is 5.32 Å². The van der Waals surface area contributed by atoms with Crippen LogP contribution in [0.3, 0.4) is 0 Å². The van der Waals surface area contributed by atoms with Gasteiger partial charge in [-0.1, -0.05) is 66.9 Å². The highest BCUT2D eigenvalue weighted by molar-refractivity contribution is 9.10. The van der Waals surface area contributed by atoms with Crippen molar-refractivity contribution in [2.75, 3.05) is 5.32 Å². The normalized spacial score (nSPS) is 15.4. The van der Waals surface area contributed by atoms with Gasteiger partial charge in [-0.3, -0.25) is 9.59 Å². The van der Waals surface area contributed by atoms with Crippen molar-refractivity contribution in [3.8, 4) is 0 Å². The molecule has 1 saturated carbocycles. The van der Waals surface area contributed by atoms with Gasteiger partial charge in [0.25, 0.3) is 0 Å². The fourth-order valence-corrected chi connectivity index (χ4v) is 4.00. The molecular formula is C23H27BrN2O2. The van der Waals surface area contributed by atoms with Gasteiger partial charge in [0.2, 0.25) is 11.8 Å². The van der Waals surface area contributed by atoms with Crippen LogP contribution in [0.15, 0.2) is 53.0 Å². The Balaban J connectivity index is 1.65. The molecule has 2 aromatic carbocycles. The molecule has 3 rings (SSSR count). The Labute approximate surface area is 175 Å². The SMILES string of the molecule is CC(C)C(=O)Nc1ccc(CNC(=O)C2(c3ccc(Br)cc3)CCCC2)cc1. The highest BCUT2D eigenvalue weighted by Gasteiger charge is 2.42. The second kappa shape index (κ2) is 8.91. The van der Waals surface area contributed by atoms with Gasteiger partial charge in [0.1, 0.15) is 0 Å². The summed E-state index contributed by atoms with van der Waals surface area (Å²) in [5.41, 5.74) is 2.46. The van der Waals surface area contributed by atoms with Crippen LogP contribution in [-0.2, 0) is 21.5 Å². The van der Waals surface area contributed by atoms with E-state index < -0.39 is 5.41 Å². The monoisotopic (exact) mass is 442 g/mol. The Bertz CT molecular complexity index is 823. The molecule has 2 N–H and O–H groups in total. The number of carbonyl (C=O) groups excluding carboxylic acids is 2. The first kappa shape index (κ1) is 20.6. The fraction of sp³-hybridized carbons (Fsp3) is 0.391. The van der Waals surface area contributed by atoms with Crippen LogP contribution in [0.5, 0.6) is 0 Å².